The van der Waals surface area contributed by atoms with Crippen molar-refractivity contribution in [3.63, 3.8) is 0 Å². The van der Waals surface area contributed by atoms with Gasteiger partial charge in [-0.05, 0) is 38.3 Å². The topological polar surface area (TPSA) is 40.5 Å². The molecule has 1 aromatic rings. The van der Waals surface area contributed by atoms with Gasteiger partial charge in [0.25, 0.3) is 0 Å². The van der Waals surface area contributed by atoms with Crippen molar-refractivity contribution in [1.29, 1.82) is 0 Å². The van der Waals surface area contributed by atoms with Crippen LogP contribution in [0.3, 0.4) is 0 Å². The zero-order valence-electron chi connectivity index (χ0n) is 11.9. The van der Waals surface area contributed by atoms with Gasteiger partial charge in [-0.25, -0.2) is 0 Å². The second-order valence-electron chi connectivity index (χ2n) is 5.60. The first-order valence-electron chi connectivity index (χ1n) is 7.12. The molecular weight excluding hydrogens is 238 g/mol. The predicted molar refractivity (Wildman–Crippen MR) is 76.1 cm³/mol. The van der Waals surface area contributed by atoms with Gasteiger partial charge in [-0.2, -0.15) is 0 Å². The molecule has 0 aliphatic carbocycles. The van der Waals surface area contributed by atoms with Crippen LogP contribution in [-0.4, -0.2) is 28.1 Å². The Morgan fingerprint density at radius 2 is 2.26 bits per heavy atom. The fraction of sp³-hybridized carbons (Fsp3) is 0.562. The fourth-order valence-electron chi connectivity index (χ4n) is 3.24. The monoisotopic (exact) mass is 261 g/mol. The Labute approximate surface area is 115 Å². The zero-order valence-corrected chi connectivity index (χ0v) is 11.9. The molecule has 1 fully saturated rings. The van der Waals surface area contributed by atoms with Gasteiger partial charge in [0, 0.05) is 6.54 Å². The van der Waals surface area contributed by atoms with Crippen LogP contribution >= 0.6 is 0 Å². The van der Waals surface area contributed by atoms with Crippen molar-refractivity contribution in [1.82, 2.24) is 4.90 Å². The number of carboxylic acids is 1. The molecule has 104 valence electrons. The summed E-state index contributed by atoms with van der Waals surface area (Å²) in [7, 11) is 0. The smallest absolute Gasteiger partial charge is 0.324 e. The number of hydrogen-bond acceptors (Lipinski definition) is 2. The van der Waals surface area contributed by atoms with Crippen LogP contribution in [0.25, 0.3) is 0 Å². The molecule has 1 atom stereocenters. The maximum atomic E-state index is 11.7. The molecule has 2 rings (SSSR count). The van der Waals surface area contributed by atoms with Crippen LogP contribution in [0, 0.1) is 6.92 Å². The van der Waals surface area contributed by atoms with E-state index in [4.69, 9.17) is 0 Å². The van der Waals surface area contributed by atoms with Crippen molar-refractivity contribution in [2.45, 2.75) is 51.6 Å². The summed E-state index contributed by atoms with van der Waals surface area (Å²) in [5.74, 6) is -0.653. The van der Waals surface area contributed by atoms with Gasteiger partial charge < -0.3 is 5.11 Å². The van der Waals surface area contributed by atoms with Gasteiger partial charge in [-0.1, -0.05) is 43.2 Å². The largest absolute Gasteiger partial charge is 0.480 e. The maximum Gasteiger partial charge on any atom is 0.324 e. The zero-order chi connectivity index (χ0) is 13.9. The molecule has 0 spiro atoms. The lowest BCUT2D eigenvalue weighted by Crippen LogP contribution is -2.49. The third-order valence-corrected chi connectivity index (χ3v) is 4.14. The van der Waals surface area contributed by atoms with E-state index in [0.29, 0.717) is 0 Å². The number of aryl methyl sites for hydroxylation is 1. The highest BCUT2D eigenvalue weighted by Crippen LogP contribution is 2.35. The summed E-state index contributed by atoms with van der Waals surface area (Å²) in [6.07, 6.45) is 3.42. The van der Waals surface area contributed by atoms with Crippen LogP contribution < -0.4 is 0 Å². The number of carboxylic acid groups (broad SMARTS) is 1. The highest BCUT2D eigenvalue weighted by Gasteiger charge is 2.46. The molecule has 0 saturated carbocycles. The van der Waals surface area contributed by atoms with Crippen LogP contribution in [0.15, 0.2) is 24.3 Å². The van der Waals surface area contributed by atoms with Crippen molar-refractivity contribution in [3.05, 3.63) is 35.4 Å². The second-order valence-corrected chi connectivity index (χ2v) is 5.60. The normalized spacial score (nSPS) is 23.7. The van der Waals surface area contributed by atoms with Gasteiger partial charge in [0.05, 0.1) is 0 Å². The van der Waals surface area contributed by atoms with Crippen molar-refractivity contribution >= 4 is 5.97 Å². The van der Waals surface area contributed by atoms with Gasteiger partial charge in [0.15, 0.2) is 0 Å². The average molecular weight is 261 g/mol. The van der Waals surface area contributed by atoms with E-state index in [1.165, 1.54) is 11.1 Å². The lowest BCUT2D eigenvalue weighted by atomic mass is 9.90. The van der Waals surface area contributed by atoms with E-state index in [0.717, 1.165) is 38.8 Å². The third-order valence-electron chi connectivity index (χ3n) is 4.14. The molecule has 0 aromatic heterocycles. The summed E-state index contributed by atoms with van der Waals surface area (Å²) in [6, 6.07) is 8.35. The molecule has 1 aliphatic heterocycles. The molecule has 1 aliphatic rings. The molecule has 3 heteroatoms. The molecule has 0 bridgehead atoms. The van der Waals surface area contributed by atoms with Crippen molar-refractivity contribution in [2.75, 3.05) is 6.54 Å². The molecule has 1 heterocycles. The SMILES string of the molecule is CCCC1(C(=O)O)CCCN1Cc1cccc(C)c1. The molecule has 1 aromatic carbocycles. The molecule has 3 nitrogen and oxygen atoms in total. The number of likely N-dealkylation sites (tertiary alicyclic amines) is 1. The predicted octanol–water partition coefficient (Wildman–Crippen LogP) is 3.21. The lowest BCUT2D eigenvalue weighted by Gasteiger charge is -2.34. The Balaban J connectivity index is 2.20. The molecule has 0 radical (unpaired) electrons. The number of nitrogens with zero attached hydrogens (tertiary/aromatic N) is 1. The standard InChI is InChI=1S/C16H23NO2/c1-3-8-16(15(18)19)9-5-10-17(16)12-14-7-4-6-13(2)11-14/h4,6-7,11H,3,5,8-10,12H2,1-2H3,(H,18,19). The van der Waals surface area contributed by atoms with Crippen molar-refractivity contribution < 1.29 is 9.90 Å². The Kier molecular flexibility index (Phi) is 4.25. The van der Waals surface area contributed by atoms with Crippen molar-refractivity contribution in [3.8, 4) is 0 Å². The number of hydrogen-bond donors (Lipinski definition) is 1. The van der Waals surface area contributed by atoms with Gasteiger partial charge in [-0.3, -0.25) is 9.69 Å². The Bertz CT molecular complexity index is 458. The fourth-order valence-corrected chi connectivity index (χ4v) is 3.24. The lowest BCUT2D eigenvalue weighted by molar-refractivity contribution is -0.150. The van der Waals surface area contributed by atoms with Gasteiger partial charge in [-0.15, -0.1) is 0 Å². The van der Waals surface area contributed by atoms with Crippen LogP contribution in [0.5, 0.6) is 0 Å². The highest BCUT2D eigenvalue weighted by molar-refractivity contribution is 5.79. The van der Waals surface area contributed by atoms with Crippen LogP contribution in [0.4, 0.5) is 0 Å². The molecule has 1 N–H and O–H groups in total. The summed E-state index contributed by atoms with van der Waals surface area (Å²) < 4.78 is 0. The van der Waals surface area contributed by atoms with E-state index >= 15 is 0 Å². The number of carbonyl (C=O) groups is 1. The quantitative estimate of drug-likeness (QED) is 0.884. The molecular formula is C16H23NO2. The minimum absolute atomic E-state index is 0.640. The van der Waals surface area contributed by atoms with Gasteiger partial charge >= 0.3 is 5.97 Å². The molecule has 1 saturated heterocycles. The maximum absolute atomic E-state index is 11.7. The van der Waals surface area contributed by atoms with Crippen LogP contribution in [0.2, 0.25) is 0 Å². The summed E-state index contributed by atoms with van der Waals surface area (Å²) in [5, 5.41) is 9.66. The third kappa shape index (κ3) is 2.81. The minimum Gasteiger partial charge on any atom is -0.480 e. The van der Waals surface area contributed by atoms with E-state index in [-0.39, 0.29) is 0 Å². The highest BCUT2D eigenvalue weighted by atomic mass is 16.4. The van der Waals surface area contributed by atoms with Gasteiger partial charge in [0.2, 0.25) is 0 Å². The summed E-state index contributed by atoms with van der Waals surface area (Å²) in [5.41, 5.74) is 1.80. The Morgan fingerprint density at radius 1 is 1.47 bits per heavy atom. The van der Waals surface area contributed by atoms with Crippen molar-refractivity contribution in [2.24, 2.45) is 0 Å². The molecule has 1 unspecified atom stereocenters. The summed E-state index contributed by atoms with van der Waals surface area (Å²) in [6.45, 7) is 5.77. The summed E-state index contributed by atoms with van der Waals surface area (Å²) >= 11 is 0. The second kappa shape index (κ2) is 5.74. The minimum atomic E-state index is -0.653. The van der Waals surface area contributed by atoms with Gasteiger partial charge in [0.1, 0.15) is 5.54 Å². The number of benzene rings is 1. The number of aliphatic carboxylic acids is 1. The van der Waals surface area contributed by atoms with E-state index in [1.54, 1.807) is 0 Å². The van der Waals surface area contributed by atoms with E-state index in [1.807, 2.05) is 6.07 Å². The average Bonchev–Trinajstić information content (AvgIpc) is 2.74. The first-order valence-corrected chi connectivity index (χ1v) is 7.12. The van der Waals surface area contributed by atoms with E-state index < -0.39 is 11.5 Å². The van der Waals surface area contributed by atoms with Crippen LogP contribution in [0.1, 0.15) is 43.7 Å². The molecule has 19 heavy (non-hydrogen) atoms. The first kappa shape index (κ1) is 14.1. The van der Waals surface area contributed by atoms with Crippen LogP contribution in [-0.2, 0) is 11.3 Å². The van der Waals surface area contributed by atoms with E-state index in [2.05, 4.69) is 36.9 Å². The number of rotatable bonds is 5. The Morgan fingerprint density at radius 3 is 2.89 bits per heavy atom. The molecule has 0 amide bonds. The van der Waals surface area contributed by atoms with E-state index in [9.17, 15) is 9.90 Å². The first-order chi connectivity index (χ1) is 9.08. The summed E-state index contributed by atoms with van der Waals surface area (Å²) in [4.78, 5) is 13.9. The Hall–Kier alpha value is -1.35.